The molecule has 0 aromatic rings. The molecule has 4 heterocycles. The van der Waals surface area contributed by atoms with Gasteiger partial charge in [-0.2, -0.15) is 0 Å². The fourth-order valence-corrected chi connectivity index (χ4v) is 5.81. The molecule has 0 spiro atoms. The number of hydrogen-bond donors (Lipinski definition) is 0. The Morgan fingerprint density at radius 3 is 1.07 bits per heavy atom. The van der Waals surface area contributed by atoms with Gasteiger partial charge in [0.25, 0.3) is 0 Å². The number of piperidine rings is 4. The average molecular weight is 407 g/mol. The van der Waals surface area contributed by atoms with Crippen molar-refractivity contribution < 1.29 is 4.74 Å². The lowest BCUT2D eigenvalue weighted by Crippen LogP contribution is -2.55. The van der Waals surface area contributed by atoms with Gasteiger partial charge in [0.1, 0.15) is 12.5 Å². The van der Waals surface area contributed by atoms with Crippen molar-refractivity contribution in [3.8, 4) is 0 Å². The minimum Gasteiger partial charge on any atom is -0.342 e. The summed E-state index contributed by atoms with van der Waals surface area (Å²) >= 11 is 0. The van der Waals surface area contributed by atoms with Crippen LogP contribution >= 0.6 is 0 Å². The molecular formula is C24H46N4O. The van der Waals surface area contributed by atoms with Crippen LogP contribution in [0.5, 0.6) is 0 Å². The lowest BCUT2D eigenvalue weighted by molar-refractivity contribution is -0.175. The maximum Gasteiger partial charge on any atom is 0.125 e. The number of hydrogen-bond acceptors (Lipinski definition) is 5. The van der Waals surface area contributed by atoms with E-state index in [0.29, 0.717) is 0 Å². The van der Waals surface area contributed by atoms with Crippen LogP contribution in [-0.2, 0) is 4.74 Å². The van der Waals surface area contributed by atoms with Crippen LogP contribution in [-0.4, -0.2) is 97.5 Å². The maximum absolute atomic E-state index is 7.10. The minimum absolute atomic E-state index is 0.283. The number of ether oxygens (including phenoxy) is 1. The normalized spacial score (nSPS) is 29.0. The molecule has 5 heteroatoms. The van der Waals surface area contributed by atoms with E-state index < -0.39 is 0 Å². The highest BCUT2D eigenvalue weighted by Crippen LogP contribution is 2.22. The van der Waals surface area contributed by atoms with Crippen LogP contribution in [0.1, 0.15) is 77.0 Å². The third-order valence-corrected chi connectivity index (χ3v) is 7.64. The van der Waals surface area contributed by atoms with Crippen LogP contribution in [0, 0.1) is 0 Å². The summed E-state index contributed by atoms with van der Waals surface area (Å²) in [6.45, 7) is 12.2. The largest absolute Gasteiger partial charge is 0.342 e. The van der Waals surface area contributed by atoms with Gasteiger partial charge in [0.05, 0.1) is 0 Å². The standard InChI is InChI=1S/C24H46N4O/c1-5-13-25(14-6-1)21-23(27-17-9-3-10-18-27)29-24(28-19-11-4-12-20-28)22-26-15-7-2-8-16-26/h23-24H,1-22H2. The highest BCUT2D eigenvalue weighted by Gasteiger charge is 2.31. The topological polar surface area (TPSA) is 22.2 Å². The van der Waals surface area contributed by atoms with Crippen LogP contribution in [0.2, 0.25) is 0 Å². The summed E-state index contributed by atoms with van der Waals surface area (Å²) in [5, 5.41) is 0. The predicted molar refractivity (Wildman–Crippen MR) is 120 cm³/mol. The van der Waals surface area contributed by atoms with E-state index in [2.05, 4.69) is 19.6 Å². The molecule has 2 atom stereocenters. The van der Waals surface area contributed by atoms with E-state index in [1.54, 1.807) is 0 Å². The summed E-state index contributed by atoms with van der Waals surface area (Å²) in [6, 6.07) is 0. The lowest BCUT2D eigenvalue weighted by Gasteiger charge is -2.44. The predicted octanol–water partition coefficient (Wildman–Crippen LogP) is 3.60. The Morgan fingerprint density at radius 1 is 0.414 bits per heavy atom. The van der Waals surface area contributed by atoms with Gasteiger partial charge in [0.15, 0.2) is 0 Å². The summed E-state index contributed by atoms with van der Waals surface area (Å²) in [4.78, 5) is 10.8. The molecule has 0 amide bonds. The third kappa shape index (κ3) is 6.90. The Labute approximate surface area is 179 Å². The van der Waals surface area contributed by atoms with Crippen molar-refractivity contribution in [3.05, 3.63) is 0 Å². The second-order valence-electron chi connectivity index (χ2n) is 9.96. The summed E-state index contributed by atoms with van der Waals surface area (Å²) in [5.41, 5.74) is 0. The van der Waals surface area contributed by atoms with Crippen LogP contribution in [0.15, 0.2) is 0 Å². The van der Waals surface area contributed by atoms with Crippen molar-refractivity contribution in [2.45, 2.75) is 89.5 Å². The van der Waals surface area contributed by atoms with E-state index in [-0.39, 0.29) is 12.5 Å². The second-order valence-corrected chi connectivity index (χ2v) is 9.96. The zero-order valence-corrected chi connectivity index (χ0v) is 18.9. The lowest BCUT2D eigenvalue weighted by atomic mass is 10.1. The van der Waals surface area contributed by atoms with Gasteiger partial charge in [-0.05, 0) is 77.5 Å². The van der Waals surface area contributed by atoms with Crippen molar-refractivity contribution in [1.82, 2.24) is 19.6 Å². The fourth-order valence-electron chi connectivity index (χ4n) is 5.81. The SMILES string of the molecule is C1CCN(CC(OC(CN2CCCCC2)N2CCCCC2)N2CCCCC2)CC1. The van der Waals surface area contributed by atoms with E-state index in [1.807, 2.05) is 0 Å². The van der Waals surface area contributed by atoms with Gasteiger partial charge < -0.3 is 4.74 Å². The highest BCUT2D eigenvalue weighted by molar-refractivity contribution is 4.79. The van der Waals surface area contributed by atoms with Crippen molar-refractivity contribution in [1.29, 1.82) is 0 Å². The van der Waals surface area contributed by atoms with Gasteiger partial charge in [-0.15, -0.1) is 0 Å². The van der Waals surface area contributed by atoms with Crippen LogP contribution < -0.4 is 0 Å². The van der Waals surface area contributed by atoms with E-state index in [0.717, 1.165) is 13.1 Å². The van der Waals surface area contributed by atoms with Crippen molar-refractivity contribution >= 4 is 0 Å². The Bertz CT molecular complexity index is 398. The Hall–Kier alpha value is -0.200. The maximum atomic E-state index is 7.10. The van der Waals surface area contributed by atoms with E-state index in [1.165, 1.54) is 129 Å². The summed E-state index contributed by atoms with van der Waals surface area (Å²) < 4.78 is 7.10. The Balaban J connectivity index is 1.42. The molecule has 5 nitrogen and oxygen atoms in total. The monoisotopic (exact) mass is 406 g/mol. The van der Waals surface area contributed by atoms with Gasteiger partial charge in [-0.1, -0.05) is 25.7 Å². The number of likely N-dealkylation sites (tertiary alicyclic amines) is 4. The van der Waals surface area contributed by atoms with Gasteiger partial charge in [0.2, 0.25) is 0 Å². The van der Waals surface area contributed by atoms with E-state index in [9.17, 15) is 0 Å². The van der Waals surface area contributed by atoms with E-state index in [4.69, 9.17) is 4.74 Å². The zero-order valence-electron chi connectivity index (χ0n) is 18.9. The van der Waals surface area contributed by atoms with E-state index >= 15 is 0 Å². The third-order valence-electron chi connectivity index (χ3n) is 7.64. The second kappa shape index (κ2) is 12.0. The van der Waals surface area contributed by atoms with Crippen LogP contribution in [0.25, 0.3) is 0 Å². The molecule has 0 bridgehead atoms. The van der Waals surface area contributed by atoms with Gasteiger partial charge in [-0.25, -0.2) is 0 Å². The van der Waals surface area contributed by atoms with Crippen molar-refractivity contribution in [3.63, 3.8) is 0 Å². The molecular weight excluding hydrogens is 360 g/mol. The molecule has 168 valence electrons. The first-order valence-electron chi connectivity index (χ1n) is 13.0. The van der Waals surface area contributed by atoms with Gasteiger partial charge in [0, 0.05) is 39.3 Å². The molecule has 0 radical (unpaired) electrons. The Morgan fingerprint density at radius 2 is 0.724 bits per heavy atom. The summed E-state index contributed by atoms with van der Waals surface area (Å²) in [7, 11) is 0. The van der Waals surface area contributed by atoms with Crippen LogP contribution in [0.4, 0.5) is 0 Å². The minimum atomic E-state index is 0.283. The molecule has 0 saturated carbocycles. The molecule has 0 N–H and O–H groups in total. The van der Waals surface area contributed by atoms with Gasteiger partial charge >= 0.3 is 0 Å². The number of rotatable bonds is 8. The smallest absolute Gasteiger partial charge is 0.125 e. The first kappa shape index (κ1) is 22.0. The fraction of sp³-hybridized carbons (Fsp3) is 1.00. The molecule has 4 saturated heterocycles. The molecule has 29 heavy (non-hydrogen) atoms. The van der Waals surface area contributed by atoms with Crippen LogP contribution in [0.3, 0.4) is 0 Å². The Kier molecular flexibility index (Phi) is 9.10. The van der Waals surface area contributed by atoms with Crippen molar-refractivity contribution in [2.75, 3.05) is 65.4 Å². The molecule has 2 unspecified atom stereocenters. The van der Waals surface area contributed by atoms with Gasteiger partial charge in [-0.3, -0.25) is 19.6 Å². The molecule has 0 aromatic heterocycles. The number of nitrogens with zero attached hydrogens (tertiary/aromatic N) is 4. The molecule has 0 aliphatic carbocycles. The summed E-state index contributed by atoms with van der Waals surface area (Å²) in [5.74, 6) is 0. The highest BCUT2D eigenvalue weighted by atomic mass is 16.5. The first-order chi connectivity index (χ1) is 14.4. The first-order valence-corrected chi connectivity index (χ1v) is 13.0. The average Bonchev–Trinajstić information content (AvgIpc) is 2.81. The zero-order chi connectivity index (χ0) is 19.7. The molecule has 0 aromatic carbocycles. The molecule has 4 rings (SSSR count). The molecule has 4 aliphatic heterocycles. The molecule has 4 fully saturated rings. The molecule has 4 aliphatic rings. The quantitative estimate of drug-likeness (QED) is 0.613. The summed E-state index contributed by atoms with van der Waals surface area (Å²) in [6.07, 6.45) is 17.1. The van der Waals surface area contributed by atoms with Crippen molar-refractivity contribution in [2.24, 2.45) is 0 Å².